The predicted molar refractivity (Wildman–Crippen MR) is 142 cm³/mol. The summed E-state index contributed by atoms with van der Waals surface area (Å²) in [6, 6.07) is 7.62. The summed E-state index contributed by atoms with van der Waals surface area (Å²) in [5, 5.41) is 3.04. The van der Waals surface area contributed by atoms with Crippen molar-refractivity contribution >= 4 is 22.8 Å². The summed E-state index contributed by atoms with van der Waals surface area (Å²) < 4.78 is 35.3. The van der Waals surface area contributed by atoms with Gasteiger partial charge in [0, 0.05) is 38.5 Å². The third-order valence-electron chi connectivity index (χ3n) is 7.61. The number of hydrogen-bond donors (Lipinski definition) is 1. The largest absolute Gasteiger partial charge is 0.378 e. The maximum absolute atomic E-state index is 14.1. The topological polar surface area (TPSA) is 85.2 Å². The van der Waals surface area contributed by atoms with E-state index in [4.69, 9.17) is 14.7 Å². The van der Waals surface area contributed by atoms with Crippen molar-refractivity contribution in [1.29, 1.82) is 0 Å². The number of nitrogens with zero attached hydrogens (tertiary/aromatic N) is 5. The van der Waals surface area contributed by atoms with Gasteiger partial charge in [0.15, 0.2) is 5.82 Å². The summed E-state index contributed by atoms with van der Waals surface area (Å²) in [5.74, 6) is 2.17. The second kappa shape index (κ2) is 11.7. The van der Waals surface area contributed by atoms with Gasteiger partial charge < -0.3 is 15.0 Å². The molecular weight excluding hydrogens is 490 g/mol. The molecule has 1 aromatic carbocycles. The molecule has 204 valence electrons. The Bertz CT molecular complexity index is 1270. The van der Waals surface area contributed by atoms with Crippen molar-refractivity contribution in [2.45, 2.75) is 71.3 Å². The number of amides is 1. The molecule has 0 atom stereocenters. The van der Waals surface area contributed by atoms with Crippen molar-refractivity contribution in [3.05, 3.63) is 41.5 Å². The predicted octanol–water partition coefficient (Wildman–Crippen LogP) is 4.92. The van der Waals surface area contributed by atoms with Crippen LogP contribution in [0.5, 0.6) is 0 Å². The van der Waals surface area contributed by atoms with Crippen LogP contribution in [0.3, 0.4) is 0 Å². The number of benzene rings is 1. The summed E-state index contributed by atoms with van der Waals surface area (Å²) in [5.41, 5.74) is 2.11. The SMILES string of the molecule is CC(=O)NC1CCC(CCCc2nc(N3CCOCC3)cc(-n3c(C(F)F)nc4ccc(C)cc43)n2)CC1. The molecule has 1 saturated heterocycles. The van der Waals surface area contributed by atoms with Gasteiger partial charge in [-0.15, -0.1) is 0 Å². The number of anilines is 1. The first-order valence-electron chi connectivity index (χ1n) is 13.6. The van der Waals surface area contributed by atoms with E-state index in [1.54, 1.807) is 19.1 Å². The Morgan fingerprint density at radius 1 is 1.08 bits per heavy atom. The molecule has 1 aliphatic heterocycles. The second-order valence-electron chi connectivity index (χ2n) is 10.5. The van der Waals surface area contributed by atoms with E-state index >= 15 is 0 Å². The molecule has 1 saturated carbocycles. The van der Waals surface area contributed by atoms with Crippen LogP contribution in [0.1, 0.15) is 69.1 Å². The minimum Gasteiger partial charge on any atom is -0.378 e. The monoisotopic (exact) mass is 526 g/mol. The lowest BCUT2D eigenvalue weighted by molar-refractivity contribution is -0.119. The molecule has 0 unspecified atom stereocenters. The molecule has 0 spiro atoms. The Kier molecular flexibility index (Phi) is 8.16. The van der Waals surface area contributed by atoms with Gasteiger partial charge in [0.25, 0.3) is 6.43 Å². The quantitative estimate of drug-likeness (QED) is 0.449. The number of rotatable bonds is 8. The number of morpholine rings is 1. The van der Waals surface area contributed by atoms with Crippen molar-refractivity contribution in [3.63, 3.8) is 0 Å². The van der Waals surface area contributed by atoms with Crippen LogP contribution >= 0.6 is 0 Å². The average Bonchev–Trinajstić information content (AvgIpc) is 3.29. The van der Waals surface area contributed by atoms with Crippen molar-refractivity contribution in [2.75, 3.05) is 31.2 Å². The lowest BCUT2D eigenvalue weighted by Gasteiger charge is -2.29. The number of fused-ring (bicyclic) bond motifs is 1. The number of aryl methyl sites for hydroxylation is 2. The molecule has 2 aromatic heterocycles. The zero-order chi connectivity index (χ0) is 26.6. The first kappa shape index (κ1) is 26.5. The highest BCUT2D eigenvalue weighted by molar-refractivity contribution is 5.79. The maximum Gasteiger partial charge on any atom is 0.296 e. The highest BCUT2D eigenvalue weighted by Crippen LogP contribution is 2.31. The van der Waals surface area contributed by atoms with Crippen LogP contribution in [-0.4, -0.2) is 57.8 Å². The third kappa shape index (κ3) is 6.11. The molecule has 3 aromatic rings. The molecule has 10 heteroatoms. The average molecular weight is 527 g/mol. The van der Waals surface area contributed by atoms with Gasteiger partial charge in [0.1, 0.15) is 17.5 Å². The van der Waals surface area contributed by atoms with Crippen LogP contribution in [0.4, 0.5) is 14.6 Å². The van der Waals surface area contributed by atoms with E-state index in [-0.39, 0.29) is 17.8 Å². The van der Waals surface area contributed by atoms with E-state index in [0.717, 1.165) is 49.9 Å². The Morgan fingerprint density at radius 2 is 1.82 bits per heavy atom. The van der Waals surface area contributed by atoms with Crippen LogP contribution < -0.4 is 10.2 Å². The van der Waals surface area contributed by atoms with Crippen molar-refractivity contribution in [2.24, 2.45) is 5.92 Å². The van der Waals surface area contributed by atoms with Gasteiger partial charge in [-0.25, -0.2) is 23.7 Å². The molecule has 2 aliphatic rings. The van der Waals surface area contributed by atoms with E-state index in [0.29, 0.717) is 61.3 Å². The lowest BCUT2D eigenvalue weighted by atomic mass is 9.83. The van der Waals surface area contributed by atoms with Crippen molar-refractivity contribution in [3.8, 4) is 5.82 Å². The first-order chi connectivity index (χ1) is 18.4. The molecular formula is C28H36F2N6O2. The van der Waals surface area contributed by atoms with Gasteiger partial charge in [-0.2, -0.15) is 0 Å². The Labute approximate surface area is 221 Å². The van der Waals surface area contributed by atoms with Crippen molar-refractivity contribution in [1.82, 2.24) is 24.8 Å². The first-order valence-corrected chi connectivity index (χ1v) is 13.6. The number of alkyl halides is 2. The smallest absolute Gasteiger partial charge is 0.296 e. The van der Waals surface area contributed by atoms with Crippen LogP contribution in [0.25, 0.3) is 16.9 Å². The zero-order valence-corrected chi connectivity index (χ0v) is 22.1. The van der Waals surface area contributed by atoms with Gasteiger partial charge >= 0.3 is 0 Å². The van der Waals surface area contributed by atoms with E-state index in [2.05, 4.69) is 15.2 Å². The lowest BCUT2D eigenvalue weighted by Crippen LogP contribution is -2.37. The van der Waals surface area contributed by atoms with E-state index < -0.39 is 6.43 Å². The van der Waals surface area contributed by atoms with Gasteiger partial charge in [-0.3, -0.25) is 9.36 Å². The van der Waals surface area contributed by atoms with Crippen LogP contribution in [-0.2, 0) is 16.0 Å². The maximum atomic E-state index is 14.1. The Morgan fingerprint density at radius 3 is 2.53 bits per heavy atom. The number of aromatic nitrogens is 4. The van der Waals surface area contributed by atoms with Crippen LogP contribution in [0, 0.1) is 12.8 Å². The van der Waals surface area contributed by atoms with Gasteiger partial charge in [-0.1, -0.05) is 12.5 Å². The molecule has 0 bridgehead atoms. The molecule has 0 radical (unpaired) electrons. The van der Waals surface area contributed by atoms with E-state index in [1.807, 2.05) is 19.1 Å². The third-order valence-corrected chi connectivity index (χ3v) is 7.61. The highest BCUT2D eigenvalue weighted by Gasteiger charge is 2.24. The molecule has 1 N–H and O–H groups in total. The Hall–Kier alpha value is -3.14. The van der Waals surface area contributed by atoms with Gasteiger partial charge in [-0.05, 0) is 62.6 Å². The molecule has 2 fully saturated rings. The molecule has 1 aliphatic carbocycles. The fourth-order valence-electron chi connectivity index (χ4n) is 5.67. The summed E-state index contributed by atoms with van der Waals surface area (Å²) in [6.45, 7) is 6.10. The number of carbonyl (C=O) groups excluding carboxylic acids is 1. The van der Waals surface area contributed by atoms with Crippen molar-refractivity contribution < 1.29 is 18.3 Å². The number of halogens is 2. The number of carbonyl (C=O) groups is 1. The number of hydrogen-bond acceptors (Lipinski definition) is 6. The minimum absolute atomic E-state index is 0.0392. The summed E-state index contributed by atoms with van der Waals surface area (Å²) in [4.78, 5) is 27.4. The zero-order valence-electron chi connectivity index (χ0n) is 22.1. The molecule has 1 amide bonds. The Balaban J connectivity index is 1.39. The standard InChI is InChI=1S/C28H36F2N6O2/c1-18-6-11-22-23(16-18)36(28(32-22)27(29)30)26-17-25(35-12-14-38-15-13-35)33-24(34-26)5-3-4-20-7-9-21(10-8-20)31-19(2)37/h6,11,16-17,20-21,27H,3-5,7-10,12-15H2,1-2H3,(H,31,37). The van der Waals surface area contributed by atoms with Crippen LogP contribution in [0.15, 0.2) is 24.3 Å². The highest BCUT2D eigenvalue weighted by atomic mass is 19.3. The fourth-order valence-corrected chi connectivity index (χ4v) is 5.67. The van der Waals surface area contributed by atoms with Crippen LogP contribution in [0.2, 0.25) is 0 Å². The van der Waals surface area contributed by atoms with E-state index in [1.165, 1.54) is 4.57 Å². The molecule has 8 nitrogen and oxygen atoms in total. The summed E-state index contributed by atoms with van der Waals surface area (Å²) in [7, 11) is 0. The number of ether oxygens (including phenoxy) is 1. The van der Waals surface area contributed by atoms with Gasteiger partial charge in [0.05, 0.1) is 24.2 Å². The van der Waals surface area contributed by atoms with Gasteiger partial charge in [0.2, 0.25) is 5.91 Å². The molecule has 38 heavy (non-hydrogen) atoms. The minimum atomic E-state index is -2.74. The number of nitrogens with one attached hydrogen (secondary N) is 1. The molecule has 5 rings (SSSR count). The number of imidazole rings is 1. The fraction of sp³-hybridized carbons (Fsp3) is 0.571. The van der Waals surface area contributed by atoms with E-state index in [9.17, 15) is 13.6 Å². The molecule has 3 heterocycles. The summed E-state index contributed by atoms with van der Waals surface area (Å²) in [6.07, 6.45) is 4.15. The summed E-state index contributed by atoms with van der Waals surface area (Å²) >= 11 is 0. The normalized spacial score (nSPS) is 20.3. The second-order valence-corrected chi connectivity index (χ2v) is 10.5.